The molecule has 2 fully saturated rings. The number of halogens is 2. The molecule has 12 heavy (non-hydrogen) atoms. The van der Waals surface area contributed by atoms with Gasteiger partial charge in [-0.25, -0.2) is 4.39 Å². The quantitative estimate of drug-likeness (QED) is 0.710. The van der Waals surface area contributed by atoms with Crippen LogP contribution < -0.4 is 5.32 Å². The first-order valence-electron chi connectivity index (χ1n) is 4.75. The number of nitrogens with one attached hydrogen (secondary N) is 1. The van der Waals surface area contributed by atoms with Gasteiger partial charge in [0.2, 0.25) is 0 Å². The van der Waals surface area contributed by atoms with Crippen LogP contribution in [0.15, 0.2) is 0 Å². The van der Waals surface area contributed by atoms with E-state index in [1.165, 1.54) is 12.8 Å². The van der Waals surface area contributed by atoms with E-state index in [9.17, 15) is 4.39 Å². The van der Waals surface area contributed by atoms with E-state index in [4.69, 9.17) is 0 Å². The molecule has 0 aromatic carbocycles. The molecule has 1 aliphatic heterocycles. The molecule has 1 aliphatic carbocycles. The zero-order valence-electron chi connectivity index (χ0n) is 7.26. The summed E-state index contributed by atoms with van der Waals surface area (Å²) >= 11 is 0. The number of rotatable bonds is 2. The van der Waals surface area contributed by atoms with Gasteiger partial charge in [-0.3, -0.25) is 0 Å². The van der Waals surface area contributed by atoms with Gasteiger partial charge in [-0.1, -0.05) is 6.42 Å². The Morgan fingerprint density at radius 2 is 1.92 bits per heavy atom. The molecular weight excluding hydrogens is 177 g/mol. The highest BCUT2D eigenvalue weighted by molar-refractivity contribution is 5.85. The first-order valence-corrected chi connectivity index (χ1v) is 4.75. The van der Waals surface area contributed by atoms with E-state index in [-0.39, 0.29) is 18.4 Å². The zero-order valence-corrected chi connectivity index (χ0v) is 8.08. The molecule has 0 aromatic heterocycles. The molecule has 1 nitrogen and oxygen atoms in total. The third-order valence-corrected chi connectivity index (χ3v) is 2.81. The van der Waals surface area contributed by atoms with Crippen molar-refractivity contribution in [2.45, 2.75) is 44.3 Å². The van der Waals surface area contributed by atoms with Gasteiger partial charge in [-0.2, -0.15) is 0 Å². The number of hydrogen-bond acceptors (Lipinski definition) is 1. The number of piperidine rings is 1. The standard InChI is InChI=1S/C9H16FN.ClH/c10-9(7-4-5-7)8-3-1-2-6-11-8;/h7-9,11H,1-6H2;1H. The van der Waals surface area contributed by atoms with Crippen LogP contribution in [0.25, 0.3) is 0 Å². The van der Waals surface area contributed by atoms with E-state index in [0.717, 1.165) is 25.8 Å². The molecule has 72 valence electrons. The second kappa shape index (κ2) is 4.43. The van der Waals surface area contributed by atoms with E-state index in [1.54, 1.807) is 0 Å². The van der Waals surface area contributed by atoms with Crippen LogP contribution in [0.4, 0.5) is 4.39 Å². The van der Waals surface area contributed by atoms with E-state index < -0.39 is 6.17 Å². The minimum Gasteiger partial charge on any atom is -0.311 e. The molecule has 3 heteroatoms. The van der Waals surface area contributed by atoms with Crippen molar-refractivity contribution in [2.75, 3.05) is 6.54 Å². The topological polar surface area (TPSA) is 12.0 Å². The highest BCUT2D eigenvalue weighted by atomic mass is 35.5. The lowest BCUT2D eigenvalue weighted by molar-refractivity contribution is 0.194. The molecule has 0 amide bonds. The molecule has 2 atom stereocenters. The summed E-state index contributed by atoms with van der Waals surface area (Å²) in [6.45, 7) is 1.03. The Kier molecular flexibility index (Phi) is 3.78. The lowest BCUT2D eigenvalue weighted by Crippen LogP contribution is -2.42. The van der Waals surface area contributed by atoms with Crippen LogP contribution in [0.3, 0.4) is 0 Å². The van der Waals surface area contributed by atoms with Crippen molar-refractivity contribution in [1.82, 2.24) is 5.32 Å². The average Bonchev–Trinajstić information content (AvgIpc) is 2.87. The maximum absolute atomic E-state index is 13.4. The molecule has 0 bridgehead atoms. The van der Waals surface area contributed by atoms with Crippen LogP contribution >= 0.6 is 12.4 Å². The highest BCUT2D eigenvalue weighted by Crippen LogP contribution is 2.37. The Bertz CT molecular complexity index is 132. The van der Waals surface area contributed by atoms with Crippen molar-refractivity contribution in [2.24, 2.45) is 5.92 Å². The fourth-order valence-corrected chi connectivity index (χ4v) is 1.89. The normalized spacial score (nSPS) is 32.2. The first-order chi connectivity index (χ1) is 5.38. The molecule has 0 aromatic rings. The summed E-state index contributed by atoms with van der Waals surface area (Å²) in [6, 6.07) is 0.191. The molecule has 0 spiro atoms. The zero-order chi connectivity index (χ0) is 7.68. The van der Waals surface area contributed by atoms with Crippen molar-refractivity contribution >= 4 is 12.4 Å². The summed E-state index contributed by atoms with van der Waals surface area (Å²) in [5, 5.41) is 3.27. The van der Waals surface area contributed by atoms with Gasteiger partial charge in [0.05, 0.1) is 0 Å². The van der Waals surface area contributed by atoms with E-state index in [0.29, 0.717) is 5.92 Å². The Labute approximate surface area is 79.5 Å². The van der Waals surface area contributed by atoms with Gasteiger partial charge in [0, 0.05) is 6.04 Å². The summed E-state index contributed by atoms with van der Waals surface area (Å²) in [6.07, 6.45) is 5.20. The van der Waals surface area contributed by atoms with Gasteiger partial charge in [0.15, 0.2) is 0 Å². The van der Waals surface area contributed by atoms with Crippen molar-refractivity contribution in [3.63, 3.8) is 0 Å². The van der Waals surface area contributed by atoms with Gasteiger partial charge in [-0.15, -0.1) is 12.4 Å². The lowest BCUT2D eigenvalue weighted by Gasteiger charge is -2.26. The van der Waals surface area contributed by atoms with Gasteiger partial charge in [-0.05, 0) is 38.1 Å². The third-order valence-electron chi connectivity index (χ3n) is 2.81. The fraction of sp³-hybridized carbons (Fsp3) is 1.00. The summed E-state index contributed by atoms with van der Waals surface area (Å²) in [5.74, 6) is 0.408. The van der Waals surface area contributed by atoms with Crippen LogP contribution in [-0.2, 0) is 0 Å². The van der Waals surface area contributed by atoms with Gasteiger partial charge in [0.25, 0.3) is 0 Å². The summed E-state index contributed by atoms with van der Waals surface area (Å²) in [5.41, 5.74) is 0. The van der Waals surface area contributed by atoms with Crippen molar-refractivity contribution < 1.29 is 4.39 Å². The lowest BCUT2D eigenvalue weighted by atomic mass is 9.98. The summed E-state index contributed by atoms with van der Waals surface area (Å²) in [7, 11) is 0. The van der Waals surface area contributed by atoms with Crippen LogP contribution in [0.5, 0.6) is 0 Å². The molecular formula is C9H17ClFN. The predicted octanol–water partition coefficient (Wildman–Crippen LogP) is 2.30. The molecule has 1 heterocycles. The van der Waals surface area contributed by atoms with Crippen LogP contribution in [-0.4, -0.2) is 18.8 Å². The Morgan fingerprint density at radius 1 is 1.17 bits per heavy atom. The van der Waals surface area contributed by atoms with Gasteiger partial charge >= 0.3 is 0 Å². The fourth-order valence-electron chi connectivity index (χ4n) is 1.89. The third kappa shape index (κ3) is 2.33. The summed E-state index contributed by atoms with van der Waals surface area (Å²) < 4.78 is 13.4. The summed E-state index contributed by atoms with van der Waals surface area (Å²) in [4.78, 5) is 0. The molecule has 2 rings (SSSR count). The Hall–Kier alpha value is 0.180. The van der Waals surface area contributed by atoms with Crippen molar-refractivity contribution in [1.29, 1.82) is 0 Å². The Balaban J connectivity index is 0.000000720. The van der Waals surface area contributed by atoms with E-state index in [2.05, 4.69) is 5.32 Å². The monoisotopic (exact) mass is 193 g/mol. The number of hydrogen-bond donors (Lipinski definition) is 1. The van der Waals surface area contributed by atoms with Crippen LogP contribution in [0.1, 0.15) is 32.1 Å². The second-order valence-corrected chi connectivity index (χ2v) is 3.84. The van der Waals surface area contributed by atoms with E-state index in [1.807, 2.05) is 0 Å². The molecule has 1 N–H and O–H groups in total. The molecule has 0 radical (unpaired) electrons. The SMILES string of the molecule is Cl.FC(C1CC1)C1CCCCN1. The number of alkyl halides is 1. The van der Waals surface area contributed by atoms with Crippen molar-refractivity contribution in [3.8, 4) is 0 Å². The highest BCUT2D eigenvalue weighted by Gasteiger charge is 2.36. The predicted molar refractivity (Wildman–Crippen MR) is 50.5 cm³/mol. The van der Waals surface area contributed by atoms with Crippen molar-refractivity contribution in [3.05, 3.63) is 0 Å². The van der Waals surface area contributed by atoms with Crippen LogP contribution in [0.2, 0.25) is 0 Å². The minimum atomic E-state index is -0.546. The average molecular weight is 194 g/mol. The first kappa shape index (κ1) is 10.3. The van der Waals surface area contributed by atoms with Gasteiger partial charge in [0.1, 0.15) is 6.17 Å². The minimum absolute atomic E-state index is 0. The molecule has 2 unspecified atom stereocenters. The van der Waals surface area contributed by atoms with Gasteiger partial charge < -0.3 is 5.32 Å². The molecule has 1 saturated heterocycles. The Morgan fingerprint density at radius 3 is 2.42 bits per heavy atom. The molecule has 1 saturated carbocycles. The maximum atomic E-state index is 13.4. The van der Waals surface area contributed by atoms with E-state index >= 15 is 0 Å². The largest absolute Gasteiger partial charge is 0.311 e. The maximum Gasteiger partial charge on any atom is 0.118 e. The second-order valence-electron chi connectivity index (χ2n) is 3.84. The molecule has 2 aliphatic rings. The van der Waals surface area contributed by atoms with Crippen LogP contribution in [0, 0.1) is 5.92 Å². The smallest absolute Gasteiger partial charge is 0.118 e.